The summed E-state index contributed by atoms with van der Waals surface area (Å²) >= 11 is 0. The van der Waals surface area contributed by atoms with Crippen LogP contribution in [0.3, 0.4) is 0 Å². The Hall–Kier alpha value is -4.18. The van der Waals surface area contributed by atoms with Gasteiger partial charge in [-0.2, -0.15) is 13.2 Å². The number of nitrogens with one attached hydrogen (secondary N) is 1. The van der Waals surface area contributed by atoms with E-state index >= 15 is 4.39 Å². The van der Waals surface area contributed by atoms with Crippen LogP contribution in [0.4, 0.5) is 27.8 Å². The smallest absolute Gasteiger partial charge is 0.416 e. The Kier molecular flexibility index (Phi) is 7.14. The highest BCUT2D eigenvalue weighted by molar-refractivity contribution is 5.74. The van der Waals surface area contributed by atoms with Gasteiger partial charge in [0.1, 0.15) is 11.6 Å². The van der Waals surface area contributed by atoms with Gasteiger partial charge in [0.25, 0.3) is 5.56 Å². The molecule has 1 aromatic heterocycles. The molecule has 2 atom stereocenters. The zero-order valence-electron chi connectivity index (χ0n) is 21.7. The van der Waals surface area contributed by atoms with Gasteiger partial charge in [0.2, 0.25) is 0 Å². The number of aromatic nitrogens is 1. The first-order valence-electron chi connectivity index (χ1n) is 12.5. The third-order valence-corrected chi connectivity index (χ3v) is 7.43. The van der Waals surface area contributed by atoms with Gasteiger partial charge < -0.3 is 15.8 Å². The molecule has 1 unspecified atom stereocenters. The molecule has 208 valence electrons. The van der Waals surface area contributed by atoms with Crippen LogP contribution in [0.25, 0.3) is 11.1 Å². The first-order chi connectivity index (χ1) is 19.0. The Morgan fingerprint density at radius 1 is 1.02 bits per heavy atom. The number of halogens is 5. The Bertz CT molecular complexity index is 1630. The highest BCUT2D eigenvalue weighted by Gasteiger charge is 2.37. The number of ether oxygens (including phenoxy) is 1. The minimum absolute atomic E-state index is 0.0611. The van der Waals surface area contributed by atoms with Crippen LogP contribution in [0.2, 0.25) is 0 Å². The topological polar surface area (TPSA) is 69.3 Å². The van der Waals surface area contributed by atoms with Crippen LogP contribution in [-0.2, 0) is 12.6 Å². The summed E-state index contributed by atoms with van der Waals surface area (Å²) in [7, 11) is 1.28. The number of nitrogens with two attached hydrogens (primary N) is 1. The fraction of sp³-hybridized carbons (Fsp3) is 0.233. The molecular formula is C30H26F5N3O2. The predicted octanol–water partition coefficient (Wildman–Crippen LogP) is 6.39. The molecule has 4 aromatic rings. The predicted molar refractivity (Wildman–Crippen MR) is 142 cm³/mol. The van der Waals surface area contributed by atoms with Crippen molar-refractivity contribution >= 4 is 5.82 Å². The molecular weight excluding hydrogens is 529 g/mol. The molecule has 5 rings (SSSR count). The number of alkyl halides is 3. The summed E-state index contributed by atoms with van der Waals surface area (Å²) in [5.41, 5.74) is 5.37. The van der Waals surface area contributed by atoms with E-state index in [-0.39, 0.29) is 40.4 Å². The monoisotopic (exact) mass is 555 g/mol. The summed E-state index contributed by atoms with van der Waals surface area (Å²) in [5.74, 6) is -1.72. The van der Waals surface area contributed by atoms with Crippen LogP contribution >= 0.6 is 0 Å². The number of nitrogens with zero attached hydrogens (tertiary/aromatic N) is 1. The van der Waals surface area contributed by atoms with E-state index < -0.39 is 53.0 Å². The maximum atomic E-state index is 15.5. The standard InChI is InChI=1S/C30H26F5N3O2/c1-16-19(14-20-21(30(33,34)35)11-7-12-22(20)31)28-37-15-23(27(36)17-8-4-3-5-9-17)38(28)29(39)25(16)18-10-6-13-24(40-2)26(18)32/h3-13,23,27,37H,14-15,36H2,1-2H3/t23-,27?/m0/s1. The van der Waals surface area contributed by atoms with Crippen molar-refractivity contribution in [2.24, 2.45) is 5.73 Å². The molecule has 0 radical (unpaired) electrons. The van der Waals surface area contributed by atoms with E-state index in [9.17, 15) is 22.4 Å². The summed E-state index contributed by atoms with van der Waals surface area (Å²) in [6.07, 6.45) is -5.31. The third kappa shape index (κ3) is 4.62. The van der Waals surface area contributed by atoms with Gasteiger partial charge >= 0.3 is 6.18 Å². The normalized spacial score (nSPS) is 15.4. The summed E-state index contributed by atoms with van der Waals surface area (Å²) in [6.45, 7) is 1.71. The van der Waals surface area contributed by atoms with E-state index in [0.29, 0.717) is 0 Å². The van der Waals surface area contributed by atoms with Crippen molar-refractivity contribution < 1.29 is 26.7 Å². The number of anilines is 1. The van der Waals surface area contributed by atoms with Crippen LogP contribution in [0, 0.1) is 18.6 Å². The average Bonchev–Trinajstić information content (AvgIpc) is 3.37. The molecule has 0 saturated carbocycles. The highest BCUT2D eigenvalue weighted by Crippen LogP contribution is 2.41. The number of rotatable bonds is 6. The molecule has 0 aliphatic carbocycles. The molecule has 0 spiro atoms. The van der Waals surface area contributed by atoms with Crippen LogP contribution < -0.4 is 21.3 Å². The summed E-state index contributed by atoms with van der Waals surface area (Å²) < 4.78 is 78.6. The van der Waals surface area contributed by atoms with E-state index in [1.165, 1.54) is 36.8 Å². The minimum atomic E-state index is -4.81. The van der Waals surface area contributed by atoms with Crippen molar-refractivity contribution in [3.05, 3.63) is 117 Å². The van der Waals surface area contributed by atoms with Crippen molar-refractivity contribution in [1.82, 2.24) is 4.57 Å². The summed E-state index contributed by atoms with van der Waals surface area (Å²) in [6, 6.07) is 14.8. The second-order valence-corrected chi connectivity index (χ2v) is 9.65. The van der Waals surface area contributed by atoms with E-state index in [4.69, 9.17) is 10.5 Å². The lowest BCUT2D eigenvalue weighted by Gasteiger charge is -2.24. The number of benzene rings is 3. The van der Waals surface area contributed by atoms with Gasteiger partial charge in [-0.15, -0.1) is 0 Å². The van der Waals surface area contributed by atoms with Gasteiger partial charge in [-0.05, 0) is 36.2 Å². The molecule has 40 heavy (non-hydrogen) atoms. The largest absolute Gasteiger partial charge is 0.494 e. The minimum Gasteiger partial charge on any atom is -0.494 e. The van der Waals surface area contributed by atoms with Crippen molar-refractivity contribution in [2.75, 3.05) is 19.0 Å². The van der Waals surface area contributed by atoms with Crippen LogP contribution in [0.15, 0.2) is 71.5 Å². The van der Waals surface area contributed by atoms with Gasteiger partial charge in [-0.1, -0.05) is 48.5 Å². The Morgan fingerprint density at radius 3 is 2.40 bits per heavy atom. The molecule has 0 saturated heterocycles. The quantitative estimate of drug-likeness (QED) is 0.271. The van der Waals surface area contributed by atoms with E-state index in [2.05, 4.69) is 5.32 Å². The number of hydrogen-bond donors (Lipinski definition) is 2. The van der Waals surface area contributed by atoms with Gasteiger partial charge in [-0.25, -0.2) is 8.78 Å². The summed E-state index contributed by atoms with van der Waals surface area (Å²) in [4.78, 5) is 14.1. The molecule has 0 bridgehead atoms. The molecule has 3 aromatic carbocycles. The maximum Gasteiger partial charge on any atom is 0.416 e. The summed E-state index contributed by atoms with van der Waals surface area (Å²) in [5, 5.41) is 3.13. The number of pyridine rings is 1. The molecule has 1 aliphatic rings. The fourth-order valence-electron chi connectivity index (χ4n) is 5.42. The van der Waals surface area contributed by atoms with Crippen LogP contribution in [-0.4, -0.2) is 18.2 Å². The maximum absolute atomic E-state index is 15.5. The van der Waals surface area contributed by atoms with E-state index in [1.54, 1.807) is 24.3 Å². The van der Waals surface area contributed by atoms with Crippen molar-refractivity contribution in [3.8, 4) is 16.9 Å². The fourth-order valence-corrected chi connectivity index (χ4v) is 5.42. The van der Waals surface area contributed by atoms with Gasteiger partial charge in [0, 0.05) is 29.7 Å². The molecule has 0 fully saturated rings. The number of hydrogen-bond acceptors (Lipinski definition) is 4. The lowest BCUT2D eigenvalue weighted by Crippen LogP contribution is -2.32. The zero-order chi connectivity index (χ0) is 28.8. The molecule has 0 amide bonds. The van der Waals surface area contributed by atoms with E-state index in [1.807, 2.05) is 6.07 Å². The van der Waals surface area contributed by atoms with Gasteiger partial charge in [0.05, 0.1) is 30.3 Å². The van der Waals surface area contributed by atoms with Crippen molar-refractivity contribution in [1.29, 1.82) is 0 Å². The third-order valence-electron chi connectivity index (χ3n) is 7.43. The molecule has 1 aliphatic heterocycles. The van der Waals surface area contributed by atoms with E-state index in [0.717, 1.165) is 23.8 Å². The molecule has 2 heterocycles. The first-order valence-corrected chi connectivity index (χ1v) is 12.5. The van der Waals surface area contributed by atoms with Crippen molar-refractivity contribution in [3.63, 3.8) is 0 Å². The van der Waals surface area contributed by atoms with Crippen LogP contribution in [0.5, 0.6) is 5.75 Å². The molecule has 5 nitrogen and oxygen atoms in total. The Balaban J connectivity index is 1.79. The average molecular weight is 556 g/mol. The zero-order valence-corrected chi connectivity index (χ0v) is 21.7. The SMILES string of the molecule is COc1cccc(-c2c(C)c(Cc3c(F)cccc3C(F)(F)F)c3n(c2=O)[C@H](C(N)c2ccccc2)CN3)c1F. The lowest BCUT2D eigenvalue weighted by molar-refractivity contribution is -0.138. The van der Waals surface area contributed by atoms with Gasteiger partial charge in [0.15, 0.2) is 11.6 Å². The van der Waals surface area contributed by atoms with Crippen LogP contribution in [0.1, 0.15) is 39.9 Å². The number of methoxy groups -OCH3 is 1. The lowest BCUT2D eigenvalue weighted by atomic mass is 9.91. The highest BCUT2D eigenvalue weighted by atomic mass is 19.4. The molecule has 3 N–H and O–H groups in total. The first kappa shape index (κ1) is 27.4. The Labute approximate surface area is 227 Å². The van der Waals surface area contributed by atoms with Crippen molar-refractivity contribution in [2.45, 2.75) is 31.6 Å². The second kappa shape index (κ2) is 10.4. The Morgan fingerprint density at radius 2 is 1.73 bits per heavy atom. The second-order valence-electron chi connectivity index (χ2n) is 9.65. The number of fused-ring (bicyclic) bond motifs is 1. The van der Waals surface area contributed by atoms with Gasteiger partial charge in [-0.3, -0.25) is 9.36 Å². The molecule has 10 heteroatoms.